The van der Waals surface area contributed by atoms with Crippen LogP contribution in [0.3, 0.4) is 0 Å². The van der Waals surface area contributed by atoms with Gasteiger partial charge in [-0.1, -0.05) is 30.3 Å². The minimum absolute atomic E-state index is 0.0482. The second-order valence-corrected chi connectivity index (χ2v) is 7.34. The molecular weight excluding hydrogens is 326 g/mol. The number of nitrogens with one attached hydrogen (secondary N) is 2. The van der Waals surface area contributed by atoms with Crippen molar-refractivity contribution in [3.05, 3.63) is 69.3 Å². The first-order valence-corrected chi connectivity index (χ1v) is 9.41. The van der Waals surface area contributed by atoms with Crippen molar-refractivity contribution < 1.29 is 0 Å². The number of benzene rings is 1. The molecular formula is C20H23N5O. The Morgan fingerprint density at radius 1 is 1.23 bits per heavy atom. The molecule has 5 rings (SSSR count). The molecule has 1 saturated heterocycles. The smallest absolute Gasteiger partial charge is 0.277 e. The number of hydrogen-bond donors (Lipinski definition) is 2. The van der Waals surface area contributed by atoms with Gasteiger partial charge in [-0.3, -0.25) is 14.8 Å². The highest BCUT2D eigenvalue weighted by atomic mass is 16.1. The minimum Gasteiger partial charge on any atom is -0.309 e. The van der Waals surface area contributed by atoms with Crippen molar-refractivity contribution >= 4 is 5.65 Å². The number of aromatic nitrogens is 3. The van der Waals surface area contributed by atoms with Gasteiger partial charge in [0.1, 0.15) is 0 Å². The zero-order valence-corrected chi connectivity index (χ0v) is 14.7. The lowest BCUT2D eigenvalue weighted by molar-refractivity contribution is 0.241. The highest BCUT2D eigenvalue weighted by molar-refractivity contribution is 5.43. The summed E-state index contributed by atoms with van der Waals surface area (Å²) in [5.74, 6) is 0. The number of rotatable bonds is 3. The van der Waals surface area contributed by atoms with Gasteiger partial charge in [-0.2, -0.15) is 0 Å². The molecule has 134 valence electrons. The monoisotopic (exact) mass is 349 g/mol. The number of aromatic amines is 1. The zero-order chi connectivity index (χ0) is 17.5. The van der Waals surface area contributed by atoms with E-state index in [1.807, 2.05) is 12.1 Å². The Morgan fingerprint density at radius 2 is 2.12 bits per heavy atom. The molecule has 6 heteroatoms. The van der Waals surface area contributed by atoms with Crippen LogP contribution in [0.15, 0.2) is 41.2 Å². The molecule has 0 unspecified atom stereocenters. The molecule has 4 heterocycles. The number of fused-ring (bicyclic) bond motifs is 2. The maximum Gasteiger partial charge on any atom is 0.277 e. The topological polar surface area (TPSA) is 65.4 Å². The van der Waals surface area contributed by atoms with Crippen LogP contribution in [-0.4, -0.2) is 32.6 Å². The summed E-state index contributed by atoms with van der Waals surface area (Å²) >= 11 is 0. The van der Waals surface area contributed by atoms with Crippen molar-refractivity contribution in [2.75, 3.05) is 13.1 Å². The Labute approximate surface area is 151 Å². The summed E-state index contributed by atoms with van der Waals surface area (Å²) in [6, 6.07) is 12.8. The lowest BCUT2D eigenvalue weighted by Gasteiger charge is -2.27. The van der Waals surface area contributed by atoms with Gasteiger partial charge in [0, 0.05) is 38.2 Å². The second-order valence-electron chi connectivity index (χ2n) is 7.34. The van der Waals surface area contributed by atoms with Gasteiger partial charge >= 0.3 is 0 Å². The van der Waals surface area contributed by atoms with E-state index < -0.39 is 0 Å². The maximum atomic E-state index is 13.0. The Morgan fingerprint density at radius 3 is 2.92 bits per heavy atom. The molecule has 26 heavy (non-hydrogen) atoms. The summed E-state index contributed by atoms with van der Waals surface area (Å²) in [4.78, 5) is 20.2. The first kappa shape index (κ1) is 15.8. The maximum absolute atomic E-state index is 13.0. The van der Waals surface area contributed by atoms with E-state index in [0.717, 1.165) is 55.1 Å². The molecule has 2 N–H and O–H groups in total. The molecule has 0 spiro atoms. The molecule has 0 amide bonds. The van der Waals surface area contributed by atoms with Gasteiger partial charge in [0.05, 0.1) is 17.0 Å². The molecule has 0 aliphatic carbocycles. The number of hydrogen-bond acceptors (Lipinski definition) is 4. The van der Waals surface area contributed by atoms with Gasteiger partial charge in [-0.15, -0.1) is 0 Å². The Hall–Kier alpha value is -2.44. The molecule has 1 aromatic carbocycles. The molecule has 0 bridgehead atoms. The molecule has 2 aliphatic rings. The average molecular weight is 349 g/mol. The SMILES string of the molecule is O=c1c2c(nc3cc([C@H]4CCCN4)[nH]n13)CCN(Cc1ccccc1)C2. The zero-order valence-electron chi connectivity index (χ0n) is 14.7. The van der Waals surface area contributed by atoms with E-state index in [9.17, 15) is 4.79 Å². The van der Waals surface area contributed by atoms with Crippen LogP contribution in [-0.2, 0) is 19.5 Å². The van der Waals surface area contributed by atoms with Crippen LogP contribution in [0, 0.1) is 0 Å². The summed E-state index contributed by atoms with van der Waals surface area (Å²) in [5.41, 5.74) is 4.93. The van der Waals surface area contributed by atoms with Crippen LogP contribution >= 0.6 is 0 Å². The molecule has 6 nitrogen and oxygen atoms in total. The van der Waals surface area contributed by atoms with E-state index in [-0.39, 0.29) is 5.56 Å². The Kier molecular flexibility index (Phi) is 3.87. The van der Waals surface area contributed by atoms with Crippen LogP contribution in [0.4, 0.5) is 0 Å². The Bertz CT molecular complexity index is 985. The van der Waals surface area contributed by atoms with Gasteiger partial charge < -0.3 is 5.32 Å². The highest BCUT2D eigenvalue weighted by Crippen LogP contribution is 2.23. The molecule has 2 aliphatic heterocycles. The fourth-order valence-electron chi connectivity index (χ4n) is 4.16. The third kappa shape index (κ3) is 2.75. The van der Waals surface area contributed by atoms with E-state index >= 15 is 0 Å². The van der Waals surface area contributed by atoms with Gasteiger partial charge in [0.2, 0.25) is 0 Å². The largest absolute Gasteiger partial charge is 0.309 e. The fraction of sp³-hybridized carbons (Fsp3) is 0.400. The average Bonchev–Trinajstić information content (AvgIpc) is 3.33. The van der Waals surface area contributed by atoms with Crippen molar-refractivity contribution in [2.24, 2.45) is 0 Å². The highest BCUT2D eigenvalue weighted by Gasteiger charge is 2.24. The molecule has 3 aromatic rings. The summed E-state index contributed by atoms with van der Waals surface area (Å²) < 4.78 is 1.63. The molecule has 2 aromatic heterocycles. The van der Waals surface area contributed by atoms with Crippen molar-refractivity contribution in [1.82, 2.24) is 24.8 Å². The van der Waals surface area contributed by atoms with Crippen LogP contribution < -0.4 is 10.9 Å². The number of nitrogens with zero attached hydrogens (tertiary/aromatic N) is 3. The lowest BCUT2D eigenvalue weighted by atomic mass is 10.1. The normalized spacial score (nSPS) is 20.5. The molecule has 0 radical (unpaired) electrons. The van der Waals surface area contributed by atoms with Gasteiger partial charge in [0.15, 0.2) is 5.65 Å². The summed E-state index contributed by atoms with van der Waals surface area (Å²) in [6.45, 7) is 3.50. The van der Waals surface area contributed by atoms with Gasteiger partial charge in [-0.05, 0) is 24.9 Å². The standard InChI is InChI=1S/C20H23N5O/c26-20-15-13-24(12-14-5-2-1-3-6-14)10-8-16(15)22-19-11-18(23-25(19)20)17-7-4-9-21-17/h1-3,5-6,11,17,21,23H,4,7-10,12-13H2/t17-/m1/s1. The quantitative estimate of drug-likeness (QED) is 0.759. The van der Waals surface area contributed by atoms with Gasteiger partial charge in [-0.25, -0.2) is 9.50 Å². The fourth-order valence-corrected chi connectivity index (χ4v) is 4.16. The molecule has 1 fully saturated rings. The van der Waals surface area contributed by atoms with E-state index in [1.165, 1.54) is 12.0 Å². The first-order valence-electron chi connectivity index (χ1n) is 9.41. The van der Waals surface area contributed by atoms with Crippen LogP contribution in [0.2, 0.25) is 0 Å². The predicted octanol–water partition coefficient (Wildman–Crippen LogP) is 2.01. The van der Waals surface area contributed by atoms with Crippen molar-refractivity contribution in [1.29, 1.82) is 0 Å². The van der Waals surface area contributed by atoms with E-state index in [1.54, 1.807) is 4.52 Å². The van der Waals surface area contributed by atoms with Crippen molar-refractivity contribution in [3.63, 3.8) is 0 Å². The van der Waals surface area contributed by atoms with Crippen LogP contribution in [0.1, 0.15) is 41.4 Å². The Balaban J connectivity index is 1.46. The summed E-state index contributed by atoms with van der Waals surface area (Å²) in [5, 5.41) is 6.76. The minimum atomic E-state index is 0.0482. The first-order chi connectivity index (χ1) is 12.8. The molecule has 1 atom stereocenters. The van der Waals surface area contributed by atoms with E-state index in [2.05, 4.69) is 39.6 Å². The second kappa shape index (κ2) is 6.37. The number of H-pyrrole nitrogens is 1. The van der Waals surface area contributed by atoms with Gasteiger partial charge in [0.25, 0.3) is 5.56 Å². The third-order valence-corrected chi connectivity index (χ3v) is 5.54. The molecule has 0 saturated carbocycles. The van der Waals surface area contributed by atoms with Crippen molar-refractivity contribution in [2.45, 2.75) is 38.4 Å². The summed E-state index contributed by atoms with van der Waals surface area (Å²) in [6.07, 6.45) is 3.11. The van der Waals surface area contributed by atoms with Crippen molar-refractivity contribution in [3.8, 4) is 0 Å². The summed E-state index contributed by atoms with van der Waals surface area (Å²) in [7, 11) is 0. The van der Waals surface area contributed by atoms with E-state index in [4.69, 9.17) is 4.98 Å². The lowest BCUT2D eigenvalue weighted by Crippen LogP contribution is -2.36. The predicted molar refractivity (Wildman–Crippen MR) is 100 cm³/mol. The third-order valence-electron chi connectivity index (χ3n) is 5.54. The van der Waals surface area contributed by atoms with Crippen LogP contribution in [0.25, 0.3) is 5.65 Å². The van der Waals surface area contributed by atoms with Crippen LogP contribution in [0.5, 0.6) is 0 Å². The van der Waals surface area contributed by atoms with E-state index in [0.29, 0.717) is 12.6 Å².